The van der Waals surface area contributed by atoms with Gasteiger partial charge in [0.25, 0.3) is 0 Å². The molecule has 0 atom stereocenters. The van der Waals surface area contributed by atoms with Crippen LogP contribution in [0.4, 0.5) is 5.82 Å². The standard InChI is InChI=1S/C15H18N4O3/c1-19-8-7-13(18-19)17-15(21)14(20)16-9-11-3-5-12(6-4-11)10-22-2/h3-8H,9-10H2,1-2H3,(H,16,20)(H,17,18,21). The number of methoxy groups -OCH3 is 1. The number of carbonyl (C=O) groups excluding carboxylic acids is 2. The first-order valence-corrected chi connectivity index (χ1v) is 6.74. The van der Waals surface area contributed by atoms with Gasteiger partial charge in [-0.05, 0) is 11.1 Å². The molecule has 0 aliphatic carbocycles. The van der Waals surface area contributed by atoms with E-state index in [1.54, 1.807) is 26.4 Å². The van der Waals surface area contributed by atoms with Crippen molar-refractivity contribution in [3.63, 3.8) is 0 Å². The second kappa shape index (κ2) is 7.37. The predicted molar refractivity (Wildman–Crippen MR) is 80.8 cm³/mol. The zero-order chi connectivity index (χ0) is 15.9. The van der Waals surface area contributed by atoms with Crippen molar-refractivity contribution in [1.82, 2.24) is 15.1 Å². The molecule has 22 heavy (non-hydrogen) atoms. The van der Waals surface area contributed by atoms with Gasteiger partial charge in [0.15, 0.2) is 5.82 Å². The maximum absolute atomic E-state index is 11.7. The lowest BCUT2D eigenvalue weighted by atomic mass is 10.1. The summed E-state index contributed by atoms with van der Waals surface area (Å²) in [6.45, 7) is 0.820. The number of anilines is 1. The number of hydrogen-bond acceptors (Lipinski definition) is 4. The van der Waals surface area contributed by atoms with Crippen molar-refractivity contribution in [2.24, 2.45) is 7.05 Å². The summed E-state index contributed by atoms with van der Waals surface area (Å²) in [6.07, 6.45) is 1.68. The van der Waals surface area contributed by atoms with E-state index in [2.05, 4.69) is 15.7 Å². The fourth-order valence-corrected chi connectivity index (χ4v) is 1.84. The number of aromatic nitrogens is 2. The molecule has 0 aliphatic rings. The van der Waals surface area contributed by atoms with E-state index < -0.39 is 11.8 Å². The fraction of sp³-hybridized carbons (Fsp3) is 0.267. The highest BCUT2D eigenvalue weighted by atomic mass is 16.5. The Bertz CT molecular complexity index is 649. The number of nitrogens with zero attached hydrogens (tertiary/aromatic N) is 2. The van der Waals surface area contributed by atoms with Crippen LogP contribution >= 0.6 is 0 Å². The highest BCUT2D eigenvalue weighted by Gasteiger charge is 2.14. The van der Waals surface area contributed by atoms with Crippen molar-refractivity contribution < 1.29 is 14.3 Å². The number of amides is 2. The third-order valence-electron chi connectivity index (χ3n) is 2.95. The normalized spacial score (nSPS) is 10.3. The average molecular weight is 302 g/mol. The highest BCUT2D eigenvalue weighted by Crippen LogP contribution is 2.05. The fourth-order valence-electron chi connectivity index (χ4n) is 1.84. The van der Waals surface area contributed by atoms with Gasteiger partial charge in [0.1, 0.15) is 0 Å². The van der Waals surface area contributed by atoms with Crippen LogP contribution < -0.4 is 10.6 Å². The molecule has 1 heterocycles. The third kappa shape index (κ3) is 4.42. The van der Waals surface area contributed by atoms with Crippen molar-refractivity contribution in [2.75, 3.05) is 12.4 Å². The van der Waals surface area contributed by atoms with Crippen molar-refractivity contribution in [1.29, 1.82) is 0 Å². The maximum Gasteiger partial charge on any atom is 0.314 e. The van der Waals surface area contributed by atoms with Crippen LogP contribution in [0.15, 0.2) is 36.5 Å². The molecular weight excluding hydrogens is 284 g/mol. The Morgan fingerprint density at radius 3 is 2.41 bits per heavy atom. The number of rotatable bonds is 5. The molecule has 1 aromatic heterocycles. The molecule has 0 saturated heterocycles. The zero-order valence-corrected chi connectivity index (χ0v) is 12.5. The molecule has 0 spiro atoms. The largest absolute Gasteiger partial charge is 0.380 e. The second-order valence-corrected chi connectivity index (χ2v) is 4.76. The van der Waals surface area contributed by atoms with E-state index in [0.717, 1.165) is 11.1 Å². The van der Waals surface area contributed by atoms with Crippen molar-refractivity contribution in [2.45, 2.75) is 13.2 Å². The van der Waals surface area contributed by atoms with Crippen molar-refractivity contribution in [3.05, 3.63) is 47.7 Å². The molecule has 0 aliphatic heterocycles. The molecule has 0 fully saturated rings. The van der Waals surface area contributed by atoms with Gasteiger partial charge in [-0.15, -0.1) is 0 Å². The Morgan fingerprint density at radius 1 is 1.14 bits per heavy atom. The van der Waals surface area contributed by atoms with Crippen LogP contribution in [0.25, 0.3) is 0 Å². The molecule has 0 radical (unpaired) electrons. The molecule has 0 bridgehead atoms. The third-order valence-corrected chi connectivity index (χ3v) is 2.95. The van der Waals surface area contributed by atoms with Gasteiger partial charge in [0, 0.05) is 33.0 Å². The number of aryl methyl sites for hydroxylation is 1. The van der Waals surface area contributed by atoms with E-state index in [1.165, 1.54) is 4.68 Å². The molecule has 2 aromatic rings. The molecule has 0 unspecified atom stereocenters. The molecule has 2 rings (SSSR count). The summed E-state index contributed by atoms with van der Waals surface area (Å²) in [5.74, 6) is -1.10. The summed E-state index contributed by atoms with van der Waals surface area (Å²) >= 11 is 0. The van der Waals surface area contributed by atoms with E-state index in [4.69, 9.17) is 4.74 Å². The van der Waals surface area contributed by atoms with Gasteiger partial charge in [-0.25, -0.2) is 0 Å². The lowest BCUT2D eigenvalue weighted by molar-refractivity contribution is -0.136. The minimum Gasteiger partial charge on any atom is -0.380 e. The van der Waals surface area contributed by atoms with Crippen LogP contribution in [-0.4, -0.2) is 28.7 Å². The molecule has 2 N–H and O–H groups in total. The predicted octanol–water partition coefficient (Wildman–Crippen LogP) is 0.821. The summed E-state index contributed by atoms with van der Waals surface area (Å²) in [5, 5.41) is 8.96. The summed E-state index contributed by atoms with van der Waals surface area (Å²) in [7, 11) is 3.36. The smallest absolute Gasteiger partial charge is 0.314 e. The molecule has 7 nitrogen and oxygen atoms in total. The first-order chi connectivity index (χ1) is 10.6. The number of hydrogen-bond donors (Lipinski definition) is 2. The number of carbonyl (C=O) groups is 2. The van der Waals surface area contributed by atoms with E-state index in [0.29, 0.717) is 12.4 Å². The Labute approximate surface area is 128 Å². The van der Waals surface area contributed by atoms with Gasteiger partial charge in [-0.2, -0.15) is 5.10 Å². The van der Waals surface area contributed by atoms with Crippen molar-refractivity contribution in [3.8, 4) is 0 Å². The Hall–Kier alpha value is -2.67. The first kappa shape index (κ1) is 15.7. The van der Waals surface area contributed by atoms with Crippen molar-refractivity contribution >= 4 is 17.6 Å². The van der Waals surface area contributed by atoms with E-state index in [-0.39, 0.29) is 6.54 Å². The monoisotopic (exact) mass is 302 g/mol. The number of benzene rings is 1. The Morgan fingerprint density at radius 2 is 1.82 bits per heavy atom. The minimum atomic E-state index is -0.741. The van der Waals surface area contributed by atoms with E-state index >= 15 is 0 Å². The Kier molecular flexibility index (Phi) is 5.26. The Balaban J connectivity index is 1.82. The van der Waals surface area contributed by atoms with Crippen LogP contribution in [0.5, 0.6) is 0 Å². The topological polar surface area (TPSA) is 85.2 Å². The highest BCUT2D eigenvalue weighted by molar-refractivity contribution is 6.39. The van der Waals surface area contributed by atoms with Crippen LogP contribution in [0, 0.1) is 0 Å². The quantitative estimate of drug-likeness (QED) is 0.801. The number of ether oxygens (including phenoxy) is 1. The molecule has 116 valence electrons. The molecule has 0 saturated carbocycles. The molecule has 7 heteroatoms. The first-order valence-electron chi connectivity index (χ1n) is 6.74. The van der Waals surface area contributed by atoms with E-state index in [1.807, 2.05) is 24.3 Å². The zero-order valence-electron chi connectivity index (χ0n) is 12.5. The van der Waals surface area contributed by atoms with E-state index in [9.17, 15) is 9.59 Å². The molecule has 2 amide bonds. The van der Waals surface area contributed by atoms with Gasteiger partial charge in [-0.3, -0.25) is 14.3 Å². The van der Waals surface area contributed by atoms with Crippen LogP contribution in [0.3, 0.4) is 0 Å². The summed E-state index contributed by atoms with van der Waals surface area (Å²) in [4.78, 5) is 23.4. The van der Waals surface area contributed by atoms with Crippen LogP contribution in [0.2, 0.25) is 0 Å². The van der Waals surface area contributed by atoms with Gasteiger partial charge >= 0.3 is 11.8 Å². The lowest BCUT2D eigenvalue weighted by Gasteiger charge is -2.06. The van der Waals surface area contributed by atoms with Gasteiger partial charge < -0.3 is 15.4 Å². The van der Waals surface area contributed by atoms with Crippen LogP contribution in [0.1, 0.15) is 11.1 Å². The second-order valence-electron chi connectivity index (χ2n) is 4.76. The molecule has 1 aromatic carbocycles. The van der Waals surface area contributed by atoms with Gasteiger partial charge in [0.2, 0.25) is 0 Å². The number of nitrogens with one attached hydrogen (secondary N) is 2. The summed E-state index contributed by atoms with van der Waals surface area (Å²) < 4.78 is 6.56. The van der Waals surface area contributed by atoms with Gasteiger partial charge in [0.05, 0.1) is 6.61 Å². The SMILES string of the molecule is COCc1ccc(CNC(=O)C(=O)Nc2ccn(C)n2)cc1. The lowest BCUT2D eigenvalue weighted by Crippen LogP contribution is -2.35. The minimum absolute atomic E-state index is 0.279. The summed E-state index contributed by atoms with van der Waals surface area (Å²) in [6, 6.07) is 9.20. The van der Waals surface area contributed by atoms with Crippen LogP contribution in [-0.2, 0) is 34.5 Å². The van der Waals surface area contributed by atoms with Gasteiger partial charge in [-0.1, -0.05) is 24.3 Å². The maximum atomic E-state index is 11.7. The average Bonchev–Trinajstić information content (AvgIpc) is 2.91. The molecular formula is C15H18N4O3. The summed E-state index contributed by atoms with van der Waals surface area (Å²) in [5.41, 5.74) is 1.95.